The van der Waals surface area contributed by atoms with Gasteiger partial charge < -0.3 is 10.2 Å². The van der Waals surface area contributed by atoms with Crippen LogP contribution in [0.15, 0.2) is 0 Å². The van der Waals surface area contributed by atoms with Crippen LogP contribution >= 0.6 is 0 Å². The zero-order valence-corrected chi connectivity index (χ0v) is 11.0. The van der Waals surface area contributed by atoms with E-state index in [1.807, 2.05) is 39.8 Å². The summed E-state index contributed by atoms with van der Waals surface area (Å²) in [4.78, 5) is 14.0. The third kappa shape index (κ3) is 3.82. The summed E-state index contributed by atoms with van der Waals surface area (Å²) in [6, 6.07) is 2.21. The lowest BCUT2D eigenvalue weighted by Crippen LogP contribution is -2.46. The van der Waals surface area contributed by atoms with Crippen molar-refractivity contribution in [2.75, 3.05) is 20.6 Å². The summed E-state index contributed by atoms with van der Waals surface area (Å²) >= 11 is 0. The molecule has 0 fully saturated rings. The molecular formula is C12H23N3O. The number of nitrogens with zero attached hydrogens (tertiary/aromatic N) is 2. The molecule has 0 spiro atoms. The number of carbonyl (C=O) groups excluding carboxylic acids is 1. The summed E-state index contributed by atoms with van der Waals surface area (Å²) in [5.41, 5.74) is -0.861. The van der Waals surface area contributed by atoms with Crippen molar-refractivity contribution in [3.05, 3.63) is 0 Å². The number of amides is 1. The molecule has 0 aromatic carbocycles. The molecule has 0 aromatic rings. The predicted molar refractivity (Wildman–Crippen MR) is 64.8 cm³/mol. The monoisotopic (exact) mass is 225 g/mol. The summed E-state index contributed by atoms with van der Waals surface area (Å²) in [7, 11) is 3.92. The number of likely N-dealkylation sites (N-methyl/N-ethyl adjacent to an activating group) is 1. The molecule has 0 aliphatic heterocycles. The van der Waals surface area contributed by atoms with Crippen LogP contribution in [0.3, 0.4) is 0 Å². The molecule has 0 aromatic heterocycles. The first-order valence-corrected chi connectivity index (χ1v) is 5.78. The maximum Gasteiger partial charge on any atom is 0.240 e. The number of hydrogen-bond acceptors (Lipinski definition) is 3. The van der Waals surface area contributed by atoms with Gasteiger partial charge in [-0.3, -0.25) is 4.79 Å². The van der Waals surface area contributed by atoms with Crippen LogP contribution in [0.1, 0.15) is 33.6 Å². The average molecular weight is 225 g/mol. The van der Waals surface area contributed by atoms with Crippen molar-refractivity contribution < 1.29 is 4.79 Å². The molecule has 1 N–H and O–H groups in total. The fourth-order valence-corrected chi connectivity index (χ4v) is 1.74. The van der Waals surface area contributed by atoms with E-state index < -0.39 is 5.41 Å². The highest BCUT2D eigenvalue weighted by molar-refractivity contribution is 5.85. The highest BCUT2D eigenvalue weighted by atomic mass is 16.2. The van der Waals surface area contributed by atoms with E-state index in [0.717, 1.165) is 6.54 Å². The van der Waals surface area contributed by atoms with Crippen LogP contribution in [0.5, 0.6) is 0 Å². The van der Waals surface area contributed by atoms with Crippen LogP contribution in [0.25, 0.3) is 0 Å². The molecule has 1 unspecified atom stereocenters. The molecule has 0 heterocycles. The maximum atomic E-state index is 12.0. The Labute approximate surface area is 98.6 Å². The van der Waals surface area contributed by atoms with E-state index in [-0.39, 0.29) is 11.9 Å². The number of nitriles is 1. The first kappa shape index (κ1) is 14.9. The highest BCUT2D eigenvalue weighted by Crippen LogP contribution is 2.25. The lowest BCUT2D eigenvalue weighted by Gasteiger charge is -2.26. The van der Waals surface area contributed by atoms with E-state index in [0.29, 0.717) is 12.8 Å². The molecule has 92 valence electrons. The molecule has 0 rings (SSSR count). The Morgan fingerprint density at radius 2 is 1.94 bits per heavy atom. The first-order valence-electron chi connectivity index (χ1n) is 5.78. The Balaban J connectivity index is 4.50. The van der Waals surface area contributed by atoms with Gasteiger partial charge in [0, 0.05) is 12.6 Å². The summed E-state index contributed by atoms with van der Waals surface area (Å²) < 4.78 is 0. The van der Waals surface area contributed by atoms with Gasteiger partial charge in [-0.05, 0) is 33.9 Å². The molecule has 1 amide bonds. The van der Waals surface area contributed by atoms with Gasteiger partial charge in [0.1, 0.15) is 5.41 Å². The second-order valence-corrected chi connectivity index (χ2v) is 4.54. The molecule has 0 bridgehead atoms. The van der Waals surface area contributed by atoms with E-state index in [1.165, 1.54) is 0 Å². The summed E-state index contributed by atoms with van der Waals surface area (Å²) in [6.07, 6.45) is 1.11. The summed E-state index contributed by atoms with van der Waals surface area (Å²) in [6.45, 7) is 6.48. The second-order valence-electron chi connectivity index (χ2n) is 4.54. The van der Waals surface area contributed by atoms with Gasteiger partial charge in [-0.1, -0.05) is 13.8 Å². The van der Waals surface area contributed by atoms with Crippen LogP contribution in [0, 0.1) is 16.7 Å². The smallest absolute Gasteiger partial charge is 0.240 e. The van der Waals surface area contributed by atoms with E-state index in [9.17, 15) is 4.79 Å². The van der Waals surface area contributed by atoms with Crippen LogP contribution in [-0.4, -0.2) is 37.5 Å². The molecule has 1 atom stereocenters. The Morgan fingerprint density at radius 3 is 2.25 bits per heavy atom. The normalized spacial score (nSPS) is 13.3. The zero-order valence-electron chi connectivity index (χ0n) is 11.0. The summed E-state index contributed by atoms with van der Waals surface area (Å²) in [5, 5.41) is 12.0. The Morgan fingerprint density at radius 1 is 1.44 bits per heavy atom. The minimum absolute atomic E-state index is 0.0633. The van der Waals surface area contributed by atoms with Gasteiger partial charge in [-0.15, -0.1) is 0 Å². The van der Waals surface area contributed by atoms with E-state index in [4.69, 9.17) is 5.26 Å². The van der Waals surface area contributed by atoms with Gasteiger partial charge in [-0.2, -0.15) is 5.26 Å². The number of hydrogen-bond donors (Lipinski definition) is 1. The molecule has 16 heavy (non-hydrogen) atoms. The van der Waals surface area contributed by atoms with Crippen molar-refractivity contribution >= 4 is 5.91 Å². The lowest BCUT2D eigenvalue weighted by molar-refractivity contribution is -0.129. The molecule has 4 nitrogen and oxygen atoms in total. The highest BCUT2D eigenvalue weighted by Gasteiger charge is 2.35. The SMILES string of the molecule is CCC(C#N)(CC)C(=O)NC(C)CN(C)C. The topological polar surface area (TPSA) is 56.1 Å². The van der Waals surface area contributed by atoms with Gasteiger partial charge in [0.15, 0.2) is 0 Å². The minimum Gasteiger partial charge on any atom is -0.351 e. The largest absolute Gasteiger partial charge is 0.351 e. The van der Waals surface area contributed by atoms with Crippen LogP contribution < -0.4 is 5.32 Å². The molecule has 0 saturated heterocycles. The quantitative estimate of drug-likeness (QED) is 0.743. The molecule has 0 aliphatic carbocycles. The van der Waals surface area contributed by atoms with Crippen LogP contribution in [-0.2, 0) is 4.79 Å². The van der Waals surface area contributed by atoms with Crippen LogP contribution in [0.2, 0.25) is 0 Å². The summed E-state index contributed by atoms with van der Waals surface area (Å²) in [5.74, 6) is -0.144. The van der Waals surface area contributed by atoms with Gasteiger partial charge in [0.2, 0.25) is 5.91 Å². The van der Waals surface area contributed by atoms with E-state index in [1.54, 1.807) is 0 Å². The Hall–Kier alpha value is -1.08. The number of carbonyl (C=O) groups is 1. The average Bonchev–Trinajstić information content (AvgIpc) is 2.19. The number of rotatable bonds is 6. The van der Waals surface area contributed by atoms with Crippen molar-refractivity contribution in [2.45, 2.75) is 39.7 Å². The molecule has 0 radical (unpaired) electrons. The van der Waals surface area contributed by atoms with Crippen molar-refractivity contribution in [1.82, 2.24) is 10.2 Å². The van der Waals surface area contributed by atoms with Crippen molar-refractivity contribution in [3.8, 4) is 6.07 Å². The molecule has 4 heteroatoms. The van der Waals surface area contributed by atoms with E-state index >= 15 is 0 Å². The standard InChI is InChI=1S/C12H23N3O/c1-6-12(7-2,9-13)11(16)14-10(3)8-15(4)5/h10H,6-8H2,1-5H3,(H,14,16). The fourth-order valence-electron chi connectivity index (χ4n) is 1.74. The third-order valence-corrected chi connectivity index (χ3v) is 2.87. The molecular weight excluding hydrogens is 202 g/mol. The Bertz CT molecular complexity index is 264. The van der Waals surface area contributed by atoms with Gasteiger partial charge in [-0.25, -0.2) is 0 Å². The van der Waals surface area contributed by atoms with E-state index in [2.05, 4.69) is 11.4 Å². The third-order valence-electron chi connectivity index (χ3n) is 2.87. The second kappa shape index (κ2) is 6.49. The van der Waals surface area contributed by atoms with Gasteiger partial charge in [0.25, 0.3) is 0 Å². The first-order chi connectivity index (χ1) is 7.41. The number of nitrogens with one attached hydrogen (secondary N) is 1. The lowest BCUT2D eigenvalue weighted by atomic mass is 9.83. The fraction of sp³-hybridized carbons (Fsp3) is 0.833. The molecule has 0 saturated carbocycles. The van der Waals surface area contributed by atoms with Crippen LogP contribution in [0.4, 0.5) is 0 Å². The van der Waals surface area contributed by atoms with Crippen molar-refractivity contribution in [3.63, 3.8) is 0 Å². The molecule has 0 aliphatic rings. The zero-order chi connectivity index (χ0) is 12.8. The maximum absolute atomic E-state index is 12.0. The van der Waals surface area contributed by atoms with Gasteiger partial charge in [0.05, 0.1) is 6.07 Å². The van der Waals surface area contributed by atoms with Gasteiger partial charge >= 0.3 is 0 Å². The van der Waals surface area contributed by atoms with Crippen molar-refractivity contribution in [1.29, 1.82) is 5.26 Å². The van der Waals surface area contributed by atoms with Crippen molar-refractivity contribution in [2.24, 2.45) is 5.41 Å². The minimum atomic E-state index is -0.861. The Kier molecular flexibility index (Phi) is 6.05. The predicted octanol–water partition coefficient (Wildman–Crippen LogP) is 1.38.